The van der Waals surface area contributed by atoms with E-state index in [9.17, 15) is 0 Å². The van der Waals surface area contributed by atoms with Crippen LogP contribution in [0.25, 0.3) is 0 Å². The van der Waals surface area contributed by atoms with Gasteiger partial charge in [-0.3, -0.25) is 4.90 Å². The lowest BCUT2D eigenvalue weighted by Crippen LogP contribution is -2.44. The molecular formula is C11H24N2. The van der Waals surface area contributed by atoms with Crippen LogP contribution in [0, 0.1) is 0 Å². The standard InChI is InChI=1S/C11H24N2/c1-10(6-4-8-12)13-9-5-7-11(13,2)3/h10H,4-9,12H2,1-3H3. The number of hydrogen-bond donors (Lipinski definition) is 1. The molecule has 2 heteroatoms. The lowest BCUT2D eigenvalue weighted by molar-refractivity contribution is 0.118. The third-order valence-corrected chi connectivity index (χ3v) is 3.32. The van der Waals surface area contributed by atoms with Gasteiger partial charge in [-0.1, -0.05) is 0 Å². The molecule has 1 aliphatic rings. The monoisotopic (exact) mass is 184 g/mol. The molecule has 0 radical (unpaired) electrons. The molecule has 1 saturated heterocycles. The Kier molecular flexibility index (Phi) is 3.74. The minimum absolute atomic E-state index is 0.425. The summed E-state index contributed by atoms with van der Waals surface area (Å²) in [7, 11) is 0. The first-order valence-corrected chi connectivity index (χ1v) is 5.55. The molecular weight excluding hydrogens is 160 g/mol. The molecule has 0 aromatic rings. The summed E-state index contributed by atoms with van der Waals surface area (Å²) in [4.78, 5) is 2.64. The summed E-state index contributed by atoms with van der Waals surface area (Å²) in [5.41, 5.74) is 5.95. The van der Waals surface area contributed by atoms with Gasteiger partial charge in [0.2, 0.25) is 0 Å². The number of likely N-dealkylation sites (tertiary alicyclic amines) is 1. The lowest BCUT2D eigenvalue weighted by Gasteiger charge is -2.36. The summed E-state index contributed by atoms with van der Waals surface area (Å²) in [6, 6.07) is 0.709. The van der Waals surface area contributed by atoms with Crippen LogP contribution in [0.2, 0.25) is 0 Å². The van der Waals surface area contributed by atoms with Crippen LogP contribution >= 0.6 is 0 Å². The van der Waals surface area contributed by atoms with E-state index in [4.69, 9.17) is 5.73 Å². The third-order valence-electron chi connectivity index (χ3n) is 3.32. The van der Waals surface area contributed by atoms with Crippen molar-refractivity contribution in [3.63, 3.8) is 0 Å². The van der Waals surface area contributed by atoms with Crippen molar-refractivity contribution in [3.8, 4) is 0 Å². The molecule has 78 valence electrons. The molecule has 2 N–H and O–H groups in total. The van der Waals surface area contributed by atoms with Crippen LogP contribution in [-0.2, 0) is 0 Å². The molecule has 0 saturated carbocycles. The van der Waals surface area contributed by atoms with Crippen molar-refractivity contribution < 1.29 is 0 Å². The molecule has 0 aliphatic carbocycles. The Morgan fingerprint density at radius 3 is 2.62 bits per heavy atom. The molecule has 1 heterocycles. The second kappa shape index (κ2) is 4.43. The highest BCUT2D eigenvalue weighted by atomic mass is 15.2. The number of nitrogens with zero attached hydrogens (tertiary/aromatic N) is 1. The largest absolute Gasteiger partial charge is 0.330 e. The van der Waals surface area contributed by atoms with Crippen LogP contribution in [0.15, 0.2) is 0 Å². The Morgan fingerprint density at radius 1 is 1.46 bits per heavy atom. The SMILES string of the molecule is CC(CCCN)N1CCCC1(C)C. The molecule has 0 aromatic heterocycles. The molecule has 1 rings (SSSR count). The Balaban J connectivity index is 2.41. The molecule has 13 heavy (non-hydrogen) atoms. The number of rotatable bonds is 4. The van der Waals surface area contributed by atoms with Gasteiger partial charge in [0, 0.05) is 11.6 Å². The van der Waals surface area contributed by atoms with Crippen LogP contribution in [0.4, 0.5) is 0 Å². The Bertz CT molecular complexity index is 154. The first kappa shape index (κ1) is 11.0. The second-order valence-corrected chi connectivity index (χ2v) is 4.89. The minimum atomic E-state index is 0.425. The molecule has 0 spiro atoms. The minimum Gasteiger partial charge on any atom is -0.330 e. The van der Waals surface area contributed by atoms with Gasteiger partial charge in [-0.2, -0.15) is 0 Å². The van der Waals surface area contributed by atoms with Crippen molar-refractivity contribution in [2.75, 3.05) is 13.1 Å². The third kappa shape index (κ3) is 2.68. The average Bonchev–Trinajstić information content (AvgIpc) is 2.41. The topological polar surface area (TPSA) is 29.3 Å². The van der Waals surface area contributed by atoms with Gasteiger partial charge >= 0.3 is 0 Å². The maximum Gasteiger partial charge on any atom is 0.0156 e. The van der Waals surface area contributed by atoms with E-state index in [1.54, 1.807) is 0 Å². The first-order valence-electron chi connectivity index (χ1n) is 5.55. The molecule has 0 aromatic carbocycles. The molecule has 2 nitrogen and oxygen atoms in total. The normalized spacial score (nSPS) is 24.9. The summed E-state index contributed by atoms with van der Waals surface area (Å²) in [6.07, 6.45) is 5.12. The van der Waals surface area contributed by atoms with E-state index in [2.05, 4.69) is 25.7 Å². The average molecular weight is 184 g/mol. The van der Waals surface area contributed by atoms with Gasteiger partial charge in [-0.15, -0.1) is 0 Å². The van der Waals surface area contributed by atoms with Crippen molar-refractivity contribution in [1.82, 2.24) is 4.90 Å². The van der Waals surface area contributed by atoms with E-state index < -0.39 is 0 Å². The van der Waals surface area contributed by atoms with Crippen LogP contribution in [0.1, 0.15) is 46.5 Å². The van der Waals surface area contributed by atoms with Gasteiger partial charge in [0.25, 0.3) is 0 Å². The van der Waals surface area contributed by atoms with Gasteiger partial charge in [0.05, 0.1) is 0 Å². The van der Waals surface area contributed by atoms with Crippen LogP contribution in [0.5, 0.6) is 0 Å². The Labute approximate surface area is 82.5 Å². The smallest absolute Gasteiger partial charge is 0.0156 e. The zero-order valence-electron chi connectivity index (χ0n) is 9.34. The molecule has 1 fully saturated rings. The fourth-order valence-corrected chi connectivity index (χ4v) is 2.51. The first-order chi connectivity index (χ1) is 6.08. The van der Waals surface area contributed by atoms with Crippen molar-refractivity contribution >= 4 is 0 Å². The van der Waals surface area contributed by atoms with Gasteiger partial charge < -0.3 is 5.73 Å². The molecule has 0 bridgehead atoms. The van der Waals surface area contributed by atoms with E-state index in [1.165, 1.54) is 25.8 Å². The van der Waals surface area contributed by atoms with Crippen molar-refractivity contribution in [2.24, 2.45) is 5.73 Å². The maximum absolute atomic E-state index is 5.52. The van der Waals surface area contributed by atoms with Crippen molar-refractivity contribution in [2.45, 2.75) is 58.0 Å². The summed E-state index contributed by atoms with van der Waals surface area (Å²) >= 11 is 0. The quantitative estimate of drug-likeness (QED) is 0.724. The zero-order chi connectivity index (χ0) is 9.90. The number of hydrogen-bond acceptors (Lipinski definition) is 2. The molecule has 0 amide bonds. The summed E-state index contributed by atoms with van der Waals surface area (Å²) < 4.78 is 0. The van der Waals surface area contributed by atoms with E-state index in [-0.39, 0.29) is 0 Å². The van der Waals surface area contributed by atoms with Crippen LogP contribution < -0.4 is 5.73 Å². The predicted octanol–water partition coefficient (Wildman–Crippen LogP) is 1.99. The fraction of sp³-hybridized carbons (Fsp3) is 1.00. The highest BCUT2D eigenvalue weighted by Crippen LogP contribution is 2.31. The molecule has 1 atom stereocenters. The van der Waals surface area contributed by atoms with E-state index in [0.717, 1.165) is 13.0 Å². The molecule has 1 unspecified atom stereocenters. The summed E-state index contributed by atoms with van der Waals surface area (Å²) in [5, 5.41) is 0. The van der Waals surface area contributed by atoms with Crippen molar-refractivity contribution in [3.05, 3.63) is 0 Å². The summed E-state index contributed by atoms with van der Waals surface area (Å²) in [6.45, 7) is 9.16. The fourth-order valence-electron chi connectivity index (χ4n) is 2.51. The van der Waals surface area contributed by atoms with Gasteiger partial charge in [0.15, 0.2) is 0 Å². The van der Waals surface area contributed by atoms with Crippen LogP contribution in [-0.4, -0.2) is 29.6 Å². The Morgan fingerprint density at radius 2 is 2.15 bits per heavy atom. The van der Waals surface area contributed by atoms with E-state index in [0.29, 0.717) is 11.6 Å². The number of nitrogens with two attached hydrogens (primary N) is 1. The zero-order valence-corrected chi connectivity index (χ0v) is 9.34. The molecule has 1 aliphatic heterocycles. The van der Waals surface area contributed by atoms with Crippen LogP contribution in [0.3, 0.4) is 0 Å². The lowest BCUT2D eigenvalue weighted by atomic mass is 9.99. The highest BCUT2D eigenvalue weighted by Gasteiger charge is 2.34. The van der Waals surface area contributed by atoms with E-state index in [1.807, 2.05) is 0 Å². The highest BCUT2D eigenvalue weighted by molar-refractivity contribution is 4.90. The predicted molar refractivity (Wildman–Crippen MR) is 57.8 cm³/mol. The van der Waals surface area contributed by atoms with E-state index >= 15 is 0 Å². The summed E-state index contributed by atoms with van der Waals surface area (Å²) in [5.74, 6) is 0. The maximum atomic E-state index is 5.52. The second-order valence-electron chi connectivity index (χ2n) is 4.89. The van der Waals surface area contributed by atoms with Gasteiger partial charge in [-0.25, -0.2) is 0 Å². The van der Waals surface area contributed by atoms with Crippen molar-refractivity contribution in [1.29, 1.82) is 0 Å². The Hall–Kier alpha value is -0.0800. The van der Waals surface area contributed by atoms with Gasteiger partial charge in [0.1, 0.15) is 0 Å². The van der Waals surface area contributed by atoms with Gasteiger partial charge in [-0.05, 0) is 59.5 Å².